The molecule has 0 aromatic heterocycles. The summed E-state index contributed by atoms with van der Waals surface area (Å²) in [5.74, 6) is 0.801. The number of benzene rings is 1. The third-order valence-corrected chi connectivity index (χ3v) is 2.36. The van der Waals surface area contributed by atoms with Gasteiger partial charge in [-0.25, -0.2) is 0 Å². The molecule has 0 aliphatic carbocycles. The van der Waals surface area contributed by atoms with Crippen molar-refractivity contribution < 1.29 is 9.84 Å². The molecule has 0 heterocycles. The number of ether oxygens (including phenoxy) is 1. The van der Waals surface area contributed by atoms with Gasteiger partial charge in [0.1, 0.15) is 5.75 Å². The maximum Gasteiger partial charge on any atom is 0.127 e. The van der Waals surface area contributed by atoms with Crippen LogP contribution >= 0.6 is 0 Å². The zero-order chi connectivity index (χ0) is 10.0. The smallest absolute Gasteiger partial charge is 0.127 e. The lowest BCUT2D eigenvalue weighted by atomic mass is 10.0. The summed E-state index contributed by atoms with van der Waals surface area (Å²) in [4.78, 5) is 0. The molecule has 72 valence electrons. The number of rotatable bonds is 2. The van der Waals surface area contributed by atoms with E-state index in [-0.39, 0.29) is 0 Å². The maximum atomic E-state index is 9.47. The van der Waals surface area contributed by atoms with E-state index in [0.717, 1.165) is 16.9 Å². The van der Waals surface area contributed by atoms with E-state index >= 15 is 0 Å². The SMILES string of the molecule is COc1c(C(C)O)ccc(C)c1C. The minimum absolute atomic E-state index is 0.478. The van der Waals surface area contributed by atoms with Gasteiger partial charge >= 0.3 is 0 Å². The Hall–Kier alpha value is -1.02. The average molecular weight is 180 g/mol. The molecule has 2 nitrogen and oxygen atoms in total. The van der Waals surface area contributed by atoms with E-state index in [1.54, 1.807) is 14.0 Å². The molecule has 1 aromatic rings. The largest absolute Gasteiger partial charge is 0.496 e. The topological polar surface area (TPSA) is 29.5 Å². The summed E-state index contributed by atoms with van der Waals surface area (Å²) in [6.07, 6.45) is -0.478. The van der Waals surface area contributed by atoms with E-state index in [4.69, 9.17) is 4.74 Å². The molecule has 1 N–H and O–H groups in total. The molecule has 0 saturated heterocycles. The predicted molar refractivity (Wildman–Crippen MR) is 53.1 cm³/mol. The van der Waals surface area contributed by atoms with Crippen molar-refractivity contribution >= 4 is 0 Å². The lowest BCUT2D eigenvalue weighted by Gasteiger charge is -2.14. The van der Waals surface area contributed by atoms with Crippen LogP contribution in [0.5, 0.6) is 5.75 Å². The molecule has 1 aromatic carbocycles. The molecule has 0 aliphatic heterocycles. The first-order valence-corrected chi connectivity index (χ1v) is 4.40. The second-order valence-electron chi connectivity index (χ2n) is 3.31. The molecule has 0 radical (unpaired) electrons. The standard InChI is InChI=1S/C11H16O2/c1-7-5-6-10(9(3)12)11(13-4)8(7)2/h5-6,9,12H,1-4H3. The Morgan fingerprint density at radius 3 is 2.38 bits per heavy atom. The normalized spacial score (nSPS) is 12.7. The van der Waals surface area contributed by atoms with Gasteiger partial charge in [-0.3, -0.25) is 0 Å². The summed E-state index contributed by atoms with van der Waals surface area (Å²) in [5.41, 5.74) is 3.13. The third kappa shape index (κ3) is 1.83. The summed E-state index contributed by atoms with van der Waals surface area (Å²) in [7, 11) is 1.63. The van der Waals surface area contributed by atoms with Gasteiger partial charge < -0.3 is 9.84 Å². The molecule has 1 rings (SSSR count). The van der Waals surface area contributed by atoms with Crippen LogP contribution in [0.25, 0.3) is 0 Å². The van der Waals surface area contributed by atoms with Crippen LogP contribution in [0.1, 0.15) is 29.7 Å². The van der Waals surface area contributed by atoms with E-state index in [2.05, 4.69) is 0 Å². The Bertz CT molecular complexity index is 303. The molecule has 1 unspecified atom stereocenters. The molecule has 0 aliphatic rings. The Morgan fingerprint density at radius 2 is 1.92 bits per heavy atom. The van der Waals surface area contributed by atoms with Crippen LogP contribution in [0, 0.1) is 13.8 Å². The molecular formula is C11H16O2. The highest BCUT2D eigenvalue weighted by molar-refractivity contribution is 5.46. The molecule has 2 heteroatoms. The van der Waals surface area contributed by atoms with Gasteiger partial charge in [-0.2, -0.15) is 0 Å². The van der Waals surface area contributed by atoms with Gasteiger partial charge in [-0.15, -0.1) is 0 Å². The first-order chi connectivity index (χ1) is 6.07. The van der Waals surface area contributed by atoms with Gasteiger partial charge in [0.15, 0.2) is 0 Å². The molecule has 0 spiro atoms. The molecule has 0 bridgehead atoms. The number of aryl methyl sites for hydroxylation is 1. The Labute approximate surface area is 79.2 Å². The minimum Gasteiger partial charge on any atom is -0.496 e. The molecule has 0 fully saturated rings. The number of aliphatic hydroxyl groups excluding tert-OH is 1. The van der Waals surface area contributed by atoms with Gasteiger partial charge in [0.25, 0.3) is 0 Å². The van der Waals surface area contributed by atoms with Crippen molar-refractivity contribution in [1.29, 1.82) is 0 Å². The van der Waals surface area contributed by atoms with Crippen molar-refractivity contribution in [3.05, 3.63) is 28.8 Å². The van der Waals surface area contributed by atoms with Crippen molar-refractivity contribution in [3.63, 3.8) is 0 Å². The van der Waals surface area contributed by atoms with E-state index in [0.29, 0.717) is 0 Å². The fourth-order valence-electron chi connectivity index (χ4n) is 1.41. The van der Waals surface area contributed by atoms with Crippen LogP contribution in [0.4, 0.5) is 0 Å². The maximum absolute atomic E-state index is 9.47. The first-order valence-electron chi connectivity index (χ1n) is 4.40. The number of hydrogen-bond acceptors (Lipinski definition) is 2. The van der Waals surface area contributed by atoms with Gasteiger partial charge in [0, 0.05) is 5.56 Å². The summed E-state index contributed by atoms with van der Waals surface area (Å²) in [6.45, 7) is 5.77. The second-order valence-corrected chi connectivity index (χ2v) is 3.31. The van der Waals surface area contributed by atoms with Crippen molar-refractivity contribution in [3.8, 4) is 5.75 Å². The van der Waals surface area contributed by atoms with Crippen molar-refractivity contribution in [2.24, 2.45) is 0 Å². The number of aliphatic hydroxyl groups is 1. The molecule has 1 atom stereocenters. The van der Waals surface area contributed by atoms with E-state index in [1.165, 1.54) is 5.56 Å². The van der Waals surface area contributed by atoms with Crippen molar-refractivity contribution in [1.82, 2.24) is 0 Å². The van der Waals surface area contributed by atoms with E-state index in [1.807, 2.05) is 26.0 Å². The van der Waals surface area contributed by atoms with Gasteiger partial charge in [-0.05, 0) is 31.9 Å². The van der Waals surface area contributed by atoms with Crippen molar-refractivity contribution in [2.75, 3.05) is 7.11 Å². The molecule has 0 amide bonds. The number of methoxy groups -OCH3 is 1. The van der Waals surface area contributed by atoms with Crippen LogP contribution in [0.3, 0.4) is 0 Å². The van der Waals surface area contributed by atoms with Crippen LogP contribution < -0.4 is 4.74 Å². The molecule has 0 saturated carbocycles. The van der Waals surface area contributed by atoms with Crippen LogP contribution in [-0.2, 0) is 0 Å². The number of hydrogen-bond donors (Lipinski definition) is 1. The lowest BCUT2D eigenvalue weighted by Crippen LogP contribution is -1.99. The van der Waals surface area contributed by atoms with Crippen LogP contribution in [0.2, 0.25) is 0 Å². The lowest BCUT2D eigenvalue weighted by molar-refractivity contribution is 0.194. The average Bonchev–Trinajstić information content (AvgIpc) is 2.09. The summed E-state index contributed by atoms with van der Waals surface area (Å²) in [6, 6.07) is 3.91. The second kappa shape index (κ2) is 3.79. The highest BCUT2D eigenvalue weighted by atomic mass is 16.5. The van der Waals surface area contributed by atoms with Gasteiger partial charge in [-0.1, -0.05) is 12.1 Å². The van der Waals surface area contributed by atoms with Crippen molar-refractivity contribution in [2.45, 2.75) is 26.9 Å². The minimum atomic E-state index is -0.478. The van der Waals surface area contributed by atoms with E-state index < -0.39 is 6.10 Å². The summed E-state index contributed by atoms with van der Waals surface area (Å²) in [5, 5.41) is 9.47. The first kappa shape index (κ1) is 10.1. The third-order valence-electron chi connectivity index (χ3n) is 2.36. The zero-order valence-corrected chi connectivity index (χ0v) is 8.59. The summed E-state index contributed by atoms with van der Waals surface area (Å²) >= 11 is 0. The Morgan fingerprint density at radius 1 is 1.31 bits per heavy atom. The predicted octanol–water partition coefficient (Wildman–Crippen LogP) is 2.37. The van der Waals surface area contributed by atoms with Gasteiger partial charge in [0.2, 0.25) is 0 Å². The Balaban J connectivity index is 3.30. The molecular weight excluding hydrogens is 164 g/mol. The quantitative estimate of drug-likeness (QED) is 0.757. The zero-order valence-electron chi connectivity index (χ0n) is 8.59. The van der Waals surface area contributed by atoms with Gasteiger partial charge in [0.05, 0.1) is 13.2 Å². The van der Waals surface area contributed by atoms with E-state index in [9.17, 15) is 5.11 Å². The molecule has 13 heavy (non-hydrogen) atoms. The highest BCUT2D eigenvalue weighted by Gasteiger charge is 2.11. The highest BCUT2D eigenvalue weighted by Crippen LogP contribution is 2.30. The van der Waals surface area contributed by atoms with Crippen LogP contribution in [-0.4, -0.2) is 12.2 Å². The fourth-order valence-corrected chi connectivity index (χ4v) is 1.41. The summed E-state index contributed by atoms with van der Waals surface area (Å²) < 4.78 is 5.26. The fraction of sp³-hybridized carbons (Fsp3) is 0.455. The monoisotopic (exact) mass is 180 g/mol. The Kier molecular flexibility index (Phi) is 2.94. The van der Waals surface area contributed by atoms with Crippen LogP contribution in [0.15, 0.2) is 12.1 Å².